The Bertz CT molecular complexity index is 408. The molecule has 0 saturated heterocycles. The molecule has 2 rings (SSSR count). The molecule has 4 nitrogen and oxygen atoms in total. The Morgan fingerprint density at radius 2 is 2.07 bits per heavy atom. The van der Waals surface area contributed by atoms with Crippen LogP contribution in [-0.2, 0) is 6.42 Å². The Morgan fingerprint density at radius 1 is 1.33 bits per heavy atom. The van der Waals surface area contributed by atoms with E-state index in [0.29, 0.717) is 11.8 Å². The van der Waals surface area contributed by atoms with E-state index in [4.69, 9.17) is 10.3 Å². The SMILES string of the molecule is CC(Cc1ncno1)c1ccc(N)cc1. The summed E-state index contributed by atoms with van der Waals surface area (Å²) in [6.07, 6.45) is 2.18. The van der Waals surface area contributed by atoms with E-state index >= 15 is 0 Å². The standard InChI is InChI=1S/C11H13N3O/c1-8(6-11-13-7-14-15-11)9-2-4-10(12)5-3-9/h2-5,7-8H,6,12H2,1H3. The molecule has 0 radical (unpaired) electrons. The average molecular weight is 203 g/mol. The van der Waals surface area contributed by atoms with Gasteiger partial charge in [0.1, 0.15) is 0 Å². The molecule has 0 amide bonds. The molecule has 0 saturated carbocycles. The van der Waals surface area contributed by atoms with Crippen molar-refractivity contribution in [2.75, 3.05) is 5.73 Å². The van der Waals surface area contributed by atoms with Gasteiger partial charge >= 0.3 is 0 Å². The number of nitrogens with zero attached hydrogens (tertiary/aromatic N) is 2. The fourth-order valence-corrected chi connectivity index (χ4v) is 1.49. The van der Waals surface area contributed by atoms with Crippen LogP contribution in [0.1, 0.15) is 24.3 Å². The van der Waals surface area contributed by atoms with Gasteiger partial charge in [0.2, 0.25) is 5.89 Å². The molecule has 0 fully saturated rings. The average Bonchev–Trinajstić information content (AvgIpc) is 2.71. The maximum atomic E-state index is 5.62. The maximum Gasteiger partial charge on any atom is 0.226 e. The summed E-state index contributed by atoms with van der Waals surface area (Å²) in [5.41, 5.74) is 7.63. The van der Waals surface area contributed by atoms with Gasteiger partial charge < -0.3 is 10.3 Å². The molecule has 1 atom stereocenters. The number of nitrogens with two attached hydrogens (primary N) is 1. The van der Waals surface area contributed by atoms with Gasteiger partial charge in [-0.1, -0.05) is 24.2 Å². The molecule has 1 unspecified atom stereocenters. The van der Waals surface area contributed by atoms with E-state index in [2.05, 4.69) is 17.1 Å². The first-order valence-electron chi connectivity index (χ1n) is 4.86. The van der Waals surface area contributed by atoms with Crippen molar-refractivity contribution in [1.82, 2.24) is 10.1 Å². The fourth-order valence-electron chi connectivity index (χ4n) is 1.49. The van der Waals surface area contributed by atoms with E-state index < -0.39 is 0 Å². The van der Waals surface area contributed by atoms with Crippen LogP contribution in [0.2, 0.25) is 0 Å². The van der Waals surface area contributed by atoms with Crippen molar-refractivity contribution in [3.63, 3.8) is 0 Å². The summed E-state index contributed by atoms with van der Waals surface area (Å²) in [5, 5.41) is 3.58. The zero-order valence-corrected chi connectivity index (χ0v) is 8.55. The van der Waals surface area contributed by atoms with Gasteiger partial charge in [0.05, 0.1) is 0 Å². The van der Waals surface area contributed by atoms with Crippen LogP contribution in [0.15, 0.2) is 35.1 Å². The summed E-state index contributed by atoms with van der Waals surface area (Å²) < 4.78 is 4.96. The monoisotopic (exact) mass is 203 g/mol. The highest BCUT2D eigenvalue weighted by atomic mass is 16.5. The normalized spacial score (nSPS) is 12.6. The largest absolute Gasteiger partial charge is 0.399 e. The minimum absolute atomic E-state index is 0.353. The Kier molecular flexibility index (Phi) is 2.67. The van der Waals surface area contributed by atoms with Gasteiger partial charge in [0.25, 0.3) is 0 Å². The molecule has 0 bridgehead atoms. The third-order valence-corrected chi connectivity index (χ3v) is 2.39. The minimum Gasteiger partial charge on any atom is -0.399 e. The Morgan fingerprint density at radius 3 is 2.67 bits per heavy atom. The molecule has 1 aromatic carbocycles. The van der Waals surface area contributed by atoms with Gasteiger partial charge in [-0.3, -0.25) is 0 Å². The zero-order valence-electron chi connectivity index (χ0n) is 8.55. The highest BCUT2D eigenvalue weighted by Crippen LogP contribution is 2.20. The summed E-state index contributed by atoms with van der Waals surface area (Å²) in [4.78, 5) is 4.00. The minimum atomic E-state index is 0.353. The topological polar surface area (TPSA) is 64.9 Å². The fraction of sp³-hybridized carbons (Fsp3) is 0.273. The third kappa shape index (κ3) is 2.34. The first-order valence-corrected chi connectivity index (χ1v) is 4.86. The van der Waals surface area contributed by atoms with E-state index in [1.165, 1.54) is 11.9 Å². The Hall–Kier alpha value is -1.84. The summed E-state index contributed by atoms with van der Waals surface area (Å²) >= 11 is 0. The quantitative estimate of drug-likeness (QED) is 0.775. The smallest absolute Gasteiger partial charge is 0.226 e. The number of rotatable bonds is 3. The molecule has 0 aliphatic rings. The zero-order chi connectivity index (χ0) is 10.7. The van der Waals surface area contributed by atoms with Crippen LogP contribution in [0.4, 0.5) is 5.69 Å². The second kappa shape index (κ2) is 4.13. The number of anilines is 1. The summed E-state index contributed by atoms with van der Waals surface area (Å²) in [7, 11) is 0. The summed E-state index contributed by atoms with van der Waals surface area (Å²) in [5.74, 6) is 1.02. The van der Waals surface area contributed by atoms with E-state index in [1.54, 1.807) is 0 Å². The van der Waals surface area contributed by atoms with E-state index in [-0.39, 0.29) is 0 Å². The number of aromatic nitrogens is 2. The second-order valence-corrected chi connectivity index (χ2v) is 3.61. The molecule has 0 aliphatic carbocycles. The maximum absolute atomic E-state index is 5.62. The highest BCUT2D eigenvalue weighted by molar-refractivity contribution is 5.40. The van der Waals surface area contributed by atoms with Crippen LogP contribution in [0.3, 0.4) is 0 Å². The molecular formula is C11H13N3O. The van der Waals surface area contributed by atoms with E-state index in [0.717, 1.165) is 12.1 Å². The molecule has 1 aromatic heterocycles. The summed E-state index contributed by atoms with van der Waals surface area (Å²) in [6.45, 7) is 2.12. The Balaban J connectivity index is 2.08. The van der Waals surface area contributed by atoms with Crippen LogP contribution in [0.25, 0.3) is 0 Å². The third-order valence-electron chi connectivity index (χ3n) is 2.39. The number of hydrogen-bond donors (Lipinski definition) is 1. The number of nitrogen functional groups attached to an aromatic ring is 1. The van der Waals surface area contributed by atoms with Crippen molar-refractivity contribution in [2.45, 2.75) is 19.3 Å². The van der Waals surface area contributed by atoms with Crippen molar-refractivity contribution >= 4 is 5.69 Å². The first kappa shape index (κ1) is 9.71. The van der Waals surface area contributed by atoms with Gasteiger partial charge in [-0.2, -0.15) is 4.98 Å². The van der Waals surface area contributed by atoms with Crippen LogP contribution in [0.5, 0.6) is 0 Å². The Labute approximate surface area is 88.1 Å². The van der Waals surface area contributed by atoms with Gasteiger partial charge in [-0.05, 0) is 23.6 Å². The molecule has 4 heteroatoms. The highest BCUT2D eigenvalue weighted by Gasteiger charge is 2.09. The lowest BCUT2D eigenvalue weighted by molar-refractivity contribution is 0.370. The molecule has 2 N–H and O–H groups in total. The molecule has 0 aliphatic heterocycles. The van der Waals surface area contributed by atoms with Crippen LogP contribution < -0.4 is 5.73 Å². The number of benzene rings is 1. The molecule has 1 heterocycles. The molecule has 78 valence electrons. The summed E-state index contributed by atoms with van der Waals surface area (Å²) in [6, 6.07) is 7.85. The van der Waals surface area contributed by atoms with Crippen molar-refractivity contribution < 1.29 is 4.52 Å². The first-order chi connectivity index (χ1) is 7.25. The lowest BCUT2D eigenvalue weighted by Gasteiger charge is -2.08. The van der Waals surface area contributed by atoms with Gasteiger partial charge in [-0.15, -0.1) is 0 Å². The van der Waals surface area contributed by atoms with E-state index in [9.17, 15) is 0 Å². The molecule has 0 spiro atoms. The van der Waals surface area contributed by atoms with Crippen LogP contribution >= 0.6 is 0 Å². The van der Waals surface area contributed by atoms with Crippen LogP contribution in [0, 0.1) is 0 Å². The van der Waals surface area contributed by atoms with Crippen molar-refractivity contribution in [3.05, 3.63) is 42.0 Å². The predicted molar refractivity (Wildman–Crippen MR) is 57.3 cm³/mol. The second-order valence-electron chi connectivity index (χ2n) is 3.61. The predicted octanol–water partition coefficient (Wildman–Crippen LogP) is 2.00. The molecule has 15 heavy (non-hydrogen) atoms. The van der Waals surface area contributed by atoms with Crippen molar-refractivity contribution in [3.8, 4) is 0 Å². The lowest BCUT2D eigenvalue weighted by Crippen LogP contribution is -1.99. The number of hydrogen-bond acceptors (Lipinski definition) is 4. The van der Waals surface area contributed by atoms with Crippen molar-refractivity contribution in [1.29, 1.82) is 0 Å². The van der Waals surface area contributed by atoms with Gasteiger partial charge in [-0.25, -0.2) is 0 Å². The molecular weight excluding hydrogens is 190 g/mol. The van der Waals surface area contributed by atoms with E-state index in [1.807, 2.05) is 24.3 Å². The van der Waals surface area contributed by atoms with Crippen LogP contribution in [-0.4, -0.2) is 10.1 Å². The lowest BCUT2D eigenvalue weighted by atomic mass is 9.98. The van der Waals surface area contributed by atoms with Crippen molar-refractivity contribution in [2.24, 2.45) is 0 Å². The van der Waals surface area contributed by atoms with Gasteiger partial charge in [0.15, 0.2) is 6.33 Å². The molecule has 2 aromatic rings. The van der Waals surface area contributed by atoms with Gasteiger partial charge in [0, 0.05) is 12.1 Å².